The Morgan fingerprint density at radius 3 is 2.85 bits per heavy atom. The molecule has 3 heteroatoms. The molecule has 0 bridgehead atoms. The largest absolute Gasteiger partial charge is 0.444 e. The zero-order valence-corrected chi connectivity index (χ0v) is 8.05. The molecule has 1 heterocycles. The number of nitrogens with zero attached hydrogens (tertiary/aromatic N) is 1. The summed E-state index contributed by atoms with van der Waals surface area (Å²) in [6.07, 6.45) is 5.84. The van der Waals surface area contributed by atoms with Crippen LogP contribution in [0.2, 0.25) is 0 Å². The summed E-state index contributed by atoms with van der Waals surface area (Å²) in [7, 11) is 0. The van der Waals surface area contributed by atoms with E-state index in [0.717, 1.165) is 30.3 Å². The third-order valence-corrected chi connectivity index (χ3v) is 1.80. The van der Waals surface area contributed by atoms with Gasteiger partial charge in [0.2, 0.25) is 5.89 Å². The van der Waals surface area contributed by atoms with Crippen LogP contribution in [-0.4, -0.2) is 11.5 Å². The normalized spacial score (nSPS) is 9.92. The second-order valence-corrected chi connectivity index (χ2v) is 2.88. The van der Waals surface area contributed by atoms with Crippen molar-refractivity contribution in [1.82, 2.24) is 10.3 Å². The average Bonchev–Trinajstić information content (AvgIpc) is 2.41. The van der Waals surface area contributed by atoms with E-state index in [9.17, 15) is 0 Å². The van der Waals surface area contributed by atoms with E-state index in [1.807, 2.05) is 13.8 Å². The number of terminal acetylenes is 1. The Hall–Kier alpha value is -1.27. The van der Waals surface area contributed by atoms with Crippen LogP contribution < -0.4 is 5.32 Å². The summed E-state index contributed by atoms with van der Waals surface area (Å²) in [4.78, 5) is 4.23. The molecule has 1 rings (SSSR count). The lowest BCUT2D eigenvalue weighted by atomic mass is 10.4. The average molecular weight is 178 g/mol. The minimum atomic E-state index is 0.649. The number of hydrogen-bond acceptors (Lipinski definition) is 3. The van der Waals surface area contributed by atoms with E-state index in [1.165, 1.54) is 0 Å². The van der Waals surface area contributed by atoms with E-state index in [4.69, 9.17) is 10.8 Å². The van der Waals surface area contributed by atoms with Gasteiger partial charge in [0, 0.05) is 13.0 Å². The Morgan fingerprint density at radius 2 is 2.31 bits per heavy atom. The molecule has 0 aliphatic heterocycles. The smallest absolute Gasteiger partial charge is 0.208 e. The van der Waals surface area contributed by atoms with Gasteiger partial charge < -0.3 is 9.73 Å². The van der Waals surface area contributed by atoms with Gasteiger partial charge in [0.15, 0.2) is 0 Å². The molecule has 70 valence electrons. The molecule has 0 aromatic carbocycles. The highest BCUT2D eigenvalue weighted by molar-refractivity contribution is 5.05. The van der Waals surface area contributed by atoms with Gasteiger partial charge in [0.1, 0.15) is 5.76 Å². The lowest BCUT2D eigenvalue weighted by Gasteiger charge is -1.96. The minimum Gasteiger partial charge on any atom is -0.444 e. The molecular weight excluding hydrogens is 164 g/mol. The molecule has 1 N–H and O–H groups in total. The van der Waals surface area contributed by atoms with Crippen molar-refractivity contribution in [2.75, 3.05) is 6.54 Å². The molecule has 1 aromatic heterocycles. The standard InChI is InChI=1S/C10H14N2O/c1-4-5-6-11-7-10-12-8(2)9(3)13-10/h1,11H,5-7H2,2-3H3. The predicted octanol–water partition coefficient (Wildman–Crippen LogP) is 1.40. The van der Waals surface area contributed by atoms with Crippen LogP contribution in [0.3, 0.4) is 0 Å². The molecule has 0 spiro atoms. The number of rotatable bonds is 4. The van der Waals surface area contributed by atoms with Crippen molar-refractivity contribution in [3.05, 3.63) is 17.3 Å². The van der Waals surface area contributed by atoms with Crippen LogP contribution in [0.15, 0.2) is 4.42 Å². The van der Waals surface area contributed by atoms with Crippen molar-refractivity contribution >= 4 is 0 Å². The molecule has 0 unspecified atom stereocenters. The van der Waals surface area contributed by atoms with Crippen molar-refractivity contribution < 1.29 is 4.42 Å². The summed E-state index contributed by atoms with van der Waals surface area (Å²) in [6, 6.07) is 0. The van der Waals surface area contributed by atoms with Gasteiger partial charge in [-0.1, -0.05) is 0 Å². The second-order valence-electron chi connectivity index (χ2n) is 2.88. The van der Waals surface area contributed by atoms with E-state index in [1.54, 1.807) is 0 Å². The van der Waals surface area contributed by atoms with Crippen LogP contribution in [-0.2, 0) is 6.54 Å². The molecular formula is C10H14N2O. The van der Waals surface area contributed by atoms with E-state index in [0.29, 0.717) is 6.54 Å². The molecule has 3 nitrogen and oxygen atoms in total. The van der Waals surface area contributed by atoms with Crippen LogP contribution in [0.5, 0.6) is 0 Å². The van der Waals surface area contributed by atoms with Crippen molar-refractivity contribution in [3.8, 4) is 12.3 Å². The van der Waals surface area contributed by atoms with Crippen LogP contribution >= 0.6 is 0 Å². The van der Waals surface area contributed by atoms with Crippen molar-refractivity contribution in [3.63, 3.8) is 0 Å². The highest BCUT2D eigenvalue weighted by atomic mass is 16.4. The Labute approximate surface area is 78.5 Å². The fraction of sp³-hybridized carbons (Fsp3) is 0.500. The number of nitrogens with one attached hydrogen (secondary N) is 1. The zero-order chi connectivity index (χ0) is 9.68. The third kappa shape index (κ3) is 2.92. The number of aromatic nitrogens is 1. The van der Waals surface area contributed by atoms with Crippen LogP contribution in [0.1, 0.15) is 23.8 Å². The first-order chi connectivity index (χ1) is 6.24. The Balaban J connectivity index is 2.34. The Morgan fingerprint density at radius 1 is 1.54 bits per heavy atom. The lowest BCUT2D eigenvalue weighted by Crippen LogP contribution is -2.14. The molecule has 0 atom stereocenters. The van der Waals surface area contributed by atoms with Gasteiger partial charge in [0.05, 0.1) is 12.2 Å². The van der Waals surface area contributed by atoms with Crippen molar-refractivity contribution in [2.24, 2.45) is 0 Å². The fourth-order valence-electron chi connectivity index (χ4n) is 0.971. The van der Waals surface area contributed by atoms with Crippen LogP contribution in [0, 0.1) is 26.2 Å². The first kappa shape index (κ1) is 9.82. The van der Waals surface area contributed by atoms with Crippen molar-refractivity contribution in [2.45, 2.75) is 26.8 Å². The molecule has 0 aliphatic rings. The SMILES string of the molecule is C#CCCNCc1nc(C)c(C)o1. The van der Waals surface area contributed by atoms with Gasteiger partial charge in [-0.05, 0) is 13.8 Å². The second kappa shape index (κ2) is 4.68. The van der Waals surface area contributed by atoms with Gasteiger partial charge in [-0.3, -0.25) is 0 Å². The quantitative estimate of drug-likeness (QED) is 0.559. The predicted molar refractivity (Wildman–Crippen MR) is 51.1 cm³/mol. The molecule has 0 radical (unpaired) electrons. The zero-order valence-electron chi connectivity index (χ0n) is 8.05. The first-order valence-corrected chi connectivity index (χ1v) is 4.31. The van der Waals surface area contributed by atoms with E-state index < -0.39 is 0 Å². The van der Waals surface area contributed by atoms with Gasteiger partial charge in [-0.15, -0.1) is 12.3 Å². The number of aryl methyl sites for hydroxylation is 2. The Bertz CT molecular complexity index is 290. The first-order valence-electron chi connectivity index (χ1n) is 4.31. The van der Waals surface area contributed by atoms with E-state index in [2.05, 4.69) is 16.2 Å². The fourth-order valence-corrected chi connectivity index (χ4v) is 0.971. The molecule has 13 heavy (non-hydrogen) atoms. The molecule has 0 amide bonds. The highest BCUT2D eigenvalue weighted by Crippen LogP contribution is 2.07. The molecule has 0 saturated carbocycles. The summed E-state index contributed by atoms with van der Waals surface area (Å²) >= 11 is 0. The number of hydrogen-bond donors (Lipinski definition) is 1. The van der Waals surface area contributed by atoms with Gasteiger partial charge in [0.25, 0.3) is 0 Å². The molecule has 0 aliphatic carbocycles. The van der Waals surface area contributed by atoms with Gasteiger partial charge in [-0.2, -0.15) is 0 Å². The minimum absolute atomic E-state index is 0.649. The molecule has 0 fully saturated rings. The van der Waals surface area contributed by atoms with E-state index in [-0.39, 0.29) is 0 Å². The van der Waals surface area contributed by atoms with Gasteiger partial charge in [-0.25, -0.2) is 4.98 Å². The Kier molecular flexibility index (Phi) is 3.53. The van der Waals surface area contributed by atoms with Crippen LogP contribution in [0.4, 0.5) is 0 Å². The summed E-state index contributed by atoms with van der Waals surface area (Å²) < 4.78 is 5.37. The summed E-state index contributed by atoms with van der Waals surface area (Å²) in [5, 5.41) is 3.14. The maximum Gasteiger partial charge on any atom is 0.208 e. The summed E-state index contributed by atoms with van der Waals surface area (Å²) in [6.45, 7) is 5.30. The van der Waals surface area contributed by atoms with Crippen molar-refractivity contribution in [1.29, 1.82) is 0 Å². The van der Waals surface area contributed by atoms with Crippen LogP contribution in [0.25, 0.3) is 0 Å². The van der Waals surface area contributed by atoms with E-state index >= 15 is 0 Å². The molecule has 1 aromatic rings. The maximum absolute atomic E-state index is 5.37. The monoisotopic (exact) mass is 178 g/mol. The highest BCUT2D eigenvalue weighted by Gasteiger charge is 2.03. The number of oxazole rings is 1. The lowest BCUT2D eigenvalue weighted by molar-refractivity contribution is 0.450. The summed E-state index contributed by atoms with van der Waals surface area (Å²) in [5.74, 6) is 4.17. The summed E-state index contributed by atoms with van der Waals surface area (Å²) in [5.41, 5.74) is 0.953. The third-order valence-electron chi connectivity index (χ3n) is 1.80. The van der Waals surface area contributed by atoms with Gasteiger partial charge >= 0.3 is 0 Å². The maximum atomic E-state index is 5.37. The molecule has 0 saturated heterocycles. The topological polar surface area (TPSA) is 38.1 Å².